The van der Waals surface area contributed by atoms with Crippen molar-refractivity contribution < 1.29 is 4.79 Å². The van der Waals surface area contributed by atoms with Gasteiger partial charge in [-0.1, -0.05) is 17.8 Å². The average Bonchev–Trinajstić information content (AvgIpc) is 3.00. The number of rotatable bonds is 6. The van der Waals surface area contributed by atoms with Crippen LogP contribution in [0.15, 0.2) is 28.2 Å². The predicted molar refractivity (Wildman–Crippen MR) is 124 cm³/mol. The SMILES string of the molecule is Cc1ccc(N(CCC#N)C(=O)CSc2nc3sc(C)c(C)c3c(=O)n2C)cc1C. The van der Waals surface area contributed by atoms with Crippen molar-refractivity contribution in [3.8, 4) is 6.07 Å². The van der Waals surface area contributed by atoms with Crippen LogP contribution in [0.1, 0.15) is 28.0 Å². The summed E-state index contributed by atoms with van der Waals surface area (Å²) < 4.78 is 1.51. The lowest BCUT2D eigenvalue weighted by molar-refractivity contribution is -0.116. The quantitative estimate of drug-likeness (QED) is 0.422. The van der Waals surface area contributed by atoms with Gasteiger partial charge in [-0.3, -0.25) is 14.2 Å². The van der Waals surface area contributed by atoms with Crippen LogP contribution in [0.25, 0.3) is 10.2 Å². The van der Waals surface area contributed by atoms with Crippen molar-refractivity contribution >= 4 is 44.9 Å². The highest BCUT2D eigenvalue weighted by molar-refractivity contribution is 7.99. The topological polar surface area (TPSA) is 79.0 Å². The number of nitrogens with zero attached hydrogens (tertiary/aromatic N) is 4. The van der Waals surface area contributed by atoms with E-state index in [0.29, 0.717) is 21.9 Å². The number of amides is 1. The number of hydrogen-bond donors (Lipinski definition) is 0. The minimum atomic E-state index is -0.119. The molecular weight excluding hydrogens is 416 g/mol. The molecule has 0 spiro atoms. The van der Waals surface area contributed by atoms with E-state index in [4.69, 9.17) is 5.26 Å². The monoisotopic (exact) mass is 440 g/mol. The molecule has 1 amide bonds. The number of thioether (sulfide) groups is 1. The van der Waals surface area contributed by atoms with E-state index in [0.717, 1.165) is 27.3 Å². The normalized spacial score (nSPS) is 10.9. The van der Waals surface area contributed by atoms with Gasteiger partial charge < -0.3 is 4.90 Å². The highest BCUT2D eigenvalue weighted by Gasteiger charge is 2.19. The van der Waals surface area contributed by atoms with Gasteiger partial charge in [0.05, 0.1) is 23.6 Å². The molecule has 0 unspecified atom stereocenters. The minimum absolute atomic E-state index is 0.0905. The lowest BCUT2D eigenvalue weighted by atomic mass is 10.1. The molecule has 0 bridgehead atoms. The first kappa shape index (κ1) is 22.1. The van der Waals surface area contributed by atoms with Gasteiger partial charge in [0.25, 0.3) is 5.56 Å². The zero-order valence-corrected chi connectivity index (χ0v) is 19.4. The molecule has 1 aromatic carbocycles. The number of carbonyl (C=O) groups is 1. The maximum absolute atomic E-state index is 13.0. The molecule has 156 valence electrons. The van der Waals surface area contributed by atoms with Crippen LogP contribution in [0.5, 0.6) is 0 Å². The third kappa shape index (κ3) is 4.27. The van der Waals surface area contributed by atoms with Crippen LogP contribution in [0, 0.1) is 39.0 Å². The predicted octanol–water partition coefficient (Wildman–Crippen LogP) is 4.27. The molecule has 0 aliphatic heterocycles. The van der Waals surface area contributed by atoms with E-state index in [1.165, 1.54) is 27.7 Å². The van der Waals surface area contributed by atoms with Crippen LogP contribution in [-0.2, 0) is 11.8 Å². The third-order valence-electron chi connectivity index (χ3n) is 5.24. The smallest absolute Gasteiger partial charge is 0.262 e. The molecule has 0 fully saturated rings. The fourth-order valence-electron chi connectivity index (χ4n) is 3.14. The molecule has 2 aromatic heterocycles. The maximum Gasteiger partial charge on any atom is 0.262 e. The summed E-state index contributed by atoms with van der Waals surface area (Å²) in [6, 6.07) is 7.95. The van der Waals surface area contributed by atoms with Gasteiger partial charge in [0, 0.05) is 24.2 Å². The van der Waals surface area contributed by atoms with Crippen LogP contribution < -0.4 is 10.5 Å². The molecule has 0 atom stereocenters. The van der Waals surface area contributed by atoms with Crippen molar-refractivity contribution in [3.05, 3.63) is 50.1 Å². The zero-order chi connectivity index (χ0) is 22.0. The van der Waals surface area contributed by atoms with Gasteiger partial charge in [-0.05, 0) is 56.5 Å². The summed E-state index contributed by atoms with van der Waals surface area (Å²) in [7, 11) is 1.69. The molecule has 6 nitrogen and oxygen atoms in total. The maximum atomic E-state index is 13.0. The molecule has 2 heterocycles. The van der Waals surface area contributed by atoms with Crippen LogP contribution in [0.2, 0.25) is 0 Å². The summed E-state index contributed by atoms with van der Waals surface area (Å²) in [6.07, 6.45) is 0.250. The molecule has 0 aliphatic rings. The highest BCUT2D eigenvalue weighted by atomic mass is 32.2. The van der Waals surface area contributed by atoms with E-state index < -0.39 is 0 Å². The van der Waals surface area contributed by atoms with Gasteiger partial charge in [-0.15, -0.1) is 11.3 Å². The van der Waals surface area contributed by atoms with E-state index in [1.807, 2.05) is 45.9 Å². The van der Waals surface area contributed by atoms with Gasteiger partial charge in [0.1, 0.15) is 4.83 Å². The Hall–Kier alpha value is -2.63. The van der Waals surface area contributed by atoms with E-state index in [2.05, 4.69) is 11.1 Å². The van der Waals surface area contributed by atoms with E-state index in [1.54, 1.807) is 11.9 Å². The number of aromatic nitrogens is 2. The molecule has 0 N–H and O–H groups in total. The van der Waals surface area contributed by atoms with Crippen molar-refractivity contribution in [1.29, 1.82) is 5.26 Å². The van der Waals surface area contributed by atoms with Crippen LogP contribution in [-0.4, -0.2) is 27.8 Å². The molecule has 30 heavy (non-hydrogen) atoms. The number of hydrogen-bond acceptors (Lipinski definition) is 6. The van der Waals surface area contributed by atoms with Crippen molar-refractivity contribution in [2.24, 2.45) is 7.05 Å². The molecule has 3 aromatic rings. The molecule has 0 aliphatic carbocycles. The zero-order valence-electron chi connectivity index (χ0n) is 17.8. The standard InChI is InChI=1S/C22H24N4O2S2/c1-13-7-8-17(11-14(13)2)26(10-6-9-23)18(27)12-29-22-24-20-19(21(28)25(22)5)15(3)16(4)30-20/h7-8,11H,6,10,12H2,1-5H3. The minimum Gasteiger partial charge on any atom is -0.311 e. The van der Waals surface area contributed by atoms with Crippen LogP contribution in [0.4, 0.5) is 5.69 Å². The Morgan fingerprint density at radius 1 is 1.27 bits per heavy atom. The fourth-order valence-corrected chi connectivity index (χ4v) is 5.06. The van der Waals surface area contributed by atoms with E-state index in [9.17, 15) is 9.59 Å². The Bertz CT molecular complexity index is 1220. The van der Waals surface area contributed by atoms with Gasteiger partial charge >= 0.3 is 0 Å². The number of anilines is 1. The second kappa shape index (κ2) is 9.02. The van der Waals surface area contributed by atoms with Gasteiger partial charge in [-0.2, -0.15) is 5.26 Å². The number of nitriles is 1. The molecular formula is C22H24N4O2S2. The lowest BCUT2D eigenvalue weighted by Gasteiger charge is -2.22. The van der Waals surface area contributed by atoms with Crippen LogP contribution in [0.3, 0.4) is 0 Å². The van der Waals surface area contributed by atoms with Crippen molar-refractivity contribution in [3.63, 3.8) is 0 Å². The largest absolute Gasteiger partial charge is 0.311 e. The van der Waals surface area contributed by atoms with E-state index >= 15 is 0 Å². The van der Waals surface area contributed by atoms with E-state index in [-0.39, 0.29) is 23.6 Å². The number of fused-ring (bicyclic) bond motifs is 1. The second-order valence-corrected chi connectivity index (χ2v) is 9.38. The first-order chi connectivity index (χ1) is 14.2. The first-order valence-electron chi connectivity index (χ1n) is 9.58. The average molecular weight is 441 g/mol. The summed E-state index contributed by atoms with van der Waals surface area (Å²) in [4.78, 5) is 33.8. The molecule has 0 radical (unpaired) electrons. The summed E-state index contributed by atoms with van der Waals surface area (Å²) in [6.45, 7) is 8.26. The van der Waals surface area contributed by atoms with Gasteiger partial charge in [0.2, 0.25) is 5.91 Å². The Kier molecular flexibility index (Phi) is 6.64. The summed E-state index contributed by atoms with van der Waals surface area (Å²) in [5, 5.41) is 10.2. The molecule has 0 saturated carbocycles. The Labute approximate surface area is 184 Å². The van der Waals surface area contributed by atoms with Crippen molar-refractivity contribution in [2.45, 2.75) is 39.3 Å². The molecule has 8 heteroatoms. The first-order valence-corrected chi connectivity index (χ1v) is 11.4. The van der Waals surface area contributed by atoms with Crippen LogP contribution >= 0.6 is 23.1 Å². The summed E-state index contributed by atoms with van der Waals surface area (Å²) in [5.74, 6) is 0.0133. The highest BCUT2D eigenvalue weighted by Crippen LogP contribution is 2.28. The number of aryl methyl sites for hydroxylation is 4. The number of benzene rings is 1. The van der Waals surface area contributed by atoms with Crippen molar-refractivity contribution in [2.75, 3.05) is 17.2 Å². The van der Waals surface area contributed by atoms with Gasteiger partial charge in [-0.25, -0.2) is 4.98 Å². The number of carbonyl (C=O) groups excluding carboxylic acids is 1. The van der Waals surface area contributed by atoms with Gasteiger partial charge in [0.15, 0.2) is 5.16 Å². The Morgan fingerprint density at radius 3 is 2.67 bits per heavy atom. The molecule has 0 saturated heterocycles. The Balaban J connectivity index is 1.86. The molecule has 3 rings (SSSR count). The summed E-state index contributed by atoms with van der Waals surface area (Å²) >= 11 is 2.75. The third-order valence-corrected chi connectivity index (χ3v) is 7.36. The Morgan fingerprint density at radius 2 is 2.00 bits per heavy atom. The second-order valence-electron chi connectivity index (χ2n) is 7.23. The van der Waals surface area contributed by atoms with Crippen molar-refractivity contribution in [1.82, 2.24) is 9.55 Å². The fraction of sp³-hybridized carbons (Fsp3) is 0.364. The number of thiophene rings is 1. The summed E-state index contributed by atoms with van der Waals surface area (Å²) in [5.41, 5.74) is 3.89. The lowest BCUT2D eigenvalue weighted by Crippen LogP contribution is -2.33.